The Morgan fingerprint density at radius 1 is 0.976 bits per heavy atom. The maximum atomic E-state index is 15.3. The standard InChI is InChI=1S/C33H47BrNO6P/c1-21(2)25-11-9-23(5)29(18-25)40-42(37,41-30-19-26(22(3)4)12-10-24(30)6)33(27-8-7-17-35-20-27)39-32(36)16-14-28-13-15-31(34)38-28/h7-8,13-17,20-26,29-30,33H,9-12,18-19H2,1-6H3/b16-14+. The molecule has 7 nitrogen and oxygen atoms in total. The van der Waals surface area contributed by atoms with Gasteiger partial charge >= 0.3 is 13.6 Å². The molecule has 0 saturated heterocycles. The molecule has 2 aromatic heterocycles. The minimum atomic E-state index is -4.07. The highest BCUT2D eigenvalue weighted by atomic mass is 79.9. The van der Waals surface area contributed by atoms with Gasteiger partial charge in [-0.3, -0.25) is 9.55 Å². The molecule has 232 valence electrons. The molecule has 0 spiro atoms. The first-order valence-electron chi connectivity index (χ1n) is 15.5. The van der Waals surface area contributed by atoms with Crippen molar-refractivity contribution in [3.8, 4) is 0 Å². The number of pyridine rings is 1. The number of esters is 1. The van der Waals surface area contributed by atoms with Crippen LogP contribution in [0.5, 0.6) is 0 Å². The van der Waals surface area contributed by atoms with Gasteiger partial charge in [0, 0.05) is 24.0 Å². The van der Waals surface area contributed by atoms with Crippen molar-refractivity contribution in [1.82, 2.24) is 4.98 Å². The smallest absolute Gasteiger partial charge is 0.376 e. The second-order valence-electron chi connectivity index (χ2n) is 13.0. The SMILES string of the molecule is CC(C)C1CCC(C)C(OP(=O)(OC2CC(C(C)C)CCC2C)C(OC(=O)/C=C/c2ccc(Br)o2)c2cccnc2)C1. The largest absolute Gasteiger partial charge is 0.450 e. The molecule has 9 heteroatoms. The summed E-state index contributed by atoms with van der Waals surface area (Å²) in [4.78, 5) is 17.5. The molecule has 0 aromatic carbocycles. The van der Waals surface area contributed by atoms with E-state index in [9.17, 15) is 4.79 Å². The summed E-state index contributed by atoms with van der Waals surface area (Å²) in [6.45, 7) is 13.2. The second kappa shape index (κ2) is 14.8. The van der Waals surface area contributed by atoms with Crippen molar-refractivity contribution in [2.75, 3.05) is 0 Å². The number of carbonyl (C=O) groups excluding carboxylic acids is 1. The van der Waals surface area contributed by atoms with E-state index in [1.165, 1.54) is 12.2 Å². The molecular formula is C33H47BrNO6P. The molecule has 0 amide bonds. The summed E-state index contributed by atoms with van der Waals surface area (Å²) in [7, 11) is -4.07. The average Bonchev–Trinajstić information content (AvgIpc) is 3.38. The van der Waals surface area contributed by atoms with Gasteiger partial charge in [-0.25, -0.2) is 4.79 Å². The lowest BCUT2D eigenvalue weighted by atomic mass is 9.76. The highest BCUT2D eigenvalue weighted by molar-refractivity contribution is 9.10. The third-order valence-electron chi connectivity index (χ3n) is 9.24. The van der Waals surface area contributed by atoms with Crippen molar-refractivity contribution in [2.24, 2.45) is 35.5 Å². The molecule has 7 unspecified atom stereocenters. The lowest BCUT2D eigenvalue weighted by molar-refractivity contribution is -0.141. The summed E-state index contributed by atoms with van der Waals surface area (Å²) in [5.74, 6) is 0.877. The summed E-state index contributed by atoms with van der Waals surface area (Å²) in [5, 5.41) is 0. The van der Waals surface area contributed by atoms with E-state index in [0.717, 1.165) is 38.5 Å². The van der Waals surface area contributed by atoms with Gasteiger partial charge in [0.05, 0.1) is 12.2 Å². The molecule has 0 radical (unpaired) electrons. The van der Waals surface area contributed by atoms with Gasteiger partial charge in [0.2, 0.25) is 5.85 Å². The number of furan rings is 1. The summed E-state index contributed by atoms with van der Waals surface area (Å²) >= 11 is 3.27. The third kappa shape index (κ3) is 8.68. The second-order valence-corrected chi connectivity index (χ2v) is 15.7. The fourth-order valence-corrected chi connectivity index (χ4v) is 8.88. The van der Waals surface area contributed by atoms with Gasteiger partial charge in [0.15, 0.2) is 4.67 Å². The van der Waals surface area contributed by atoms with Crippen LogP contribution in [0.15, 0.2) is 51.8 Å². The number of ether oxygens (including phenoxy) is 1. The van der Waals surface area contributed by atoms with Crippen molar-refractivity contribution < 1.29 is 27.6 Å². The predicted octanol–water partition coefficient (Wildman–Crippen LogP) is 9.84. The van der Waals surface area contributed by atoms with Crippen molar-refractivity contribution >= 4 is 35.6 Å². The first kappa shape index (κ1) is 33.2. The molecule has 0 aliphatic heterocycles. The zero-order valence-corrected chi connectivity index (χ0v) is 28.3. The molecule has 2 saturated carbocycles. The number of aromatic nitrogens is 1. The van der Waals surface area contributed by atoms with Crippen LogP contribution in [-0.2, 0) is 23.1 Å². The topological polar surface area (TPSA) is 87.9 Å². The van der Waals surface area contributed by atoms with E-state index < -0.39 is 19.4 Å². The van der Waals surface area contributed by atoms with Crippen LogP contribution in [0, 0.1) is 35.5 Å². The van der Waals surface area contributed by atoms with Gasteiger partial charge in [0.25, 0.3) is 0 Å². The molecule has 2 aromatic rings. The fourth-order valence-electron chi connectivity index (χ4n) is 6.20. The van der Waals surface area contributed by atoms with Crippen LogP contribution in [0.2, 0.25) is 0 Å². The third-order valence-corrected chi connectivity index (χ3v) is 11.8. The Bertz CT molecular complexity index is 1190. The number of rotatable bonds is 11. The van der Waals surface area contributed by atoms with Crippen molar-refractivity contribution in [3.63, 3.8) is 0 Å². The number of nitrogens with zero attached hydrogens (tertiary/aromatic N) is 1. The first-order valence-corrected chi connectivity index (χ1v) is 17.9. The summed E-state index contributed by atoms with van der Waals surface area (Å²) in [6.07, 6.45) is 11.3. The number of hydrogen-bond donors (Lipinski definition) is 0. The molecule has 2 aliphatic rings. The molecule has 2 aliphatic carbocycles. The van der Waals surface area contributed by atoms with Crippen molar-refractivity contribution in [2.45, 2.75) is 98.1 Å². The molecule has 42 heavy (non-hydrogen) atoms. The number of hydrogen-bond acceptors (Lipinski definition) is 7. The van der Waals surface area contributed by atoms with Crippen LogP contribution in [0.1, 0.15) is 97.2 Å². The molecule has 2 fully saturated rings. The molecule has 0 N–H and O–H groups in total. The Morgan fingerprint density at radius 3 is 2.05 bits per heavy atom. The Balaban J connectivity index is 1.69. The Morgan fingerprint density at radius 2 is 1.57 bits per heavy atom. The first-order chi connectivity index (χ1) is 19.9. The Labute approximate surface area is 259 Å². The van der Waals surface area contributed by atoms with Crippen LogP contribution in [0.3, 0.4) is 0 Å². The van der Waals surface area contributed by atoms with Crippen LogP contribution >= 0.6 is 23.5 Å². The predicted molar refractivity (Wildman–Crippen MR) is 169 cm³/mol. The molecule has 7 atom stereocenters. The minimum absolute atomic E-state index is 0.201. The van der Waals surface area contributed by atoms with E-state index in [1.807, 2.05) is 0 Å². The molecule has 0 bridgehead atoms. The maximum absolute atomic E-state index is 15.3. The number of halogens is 1. The maximum Gasteiger partial charge on any atom is 0.376 e. The van der Waals surface area contributed by atoms with Gasteiger partial charge in [-0.2, -0.15) is 0 Å². The van der Waals surface area contributed by atoms with E-state index >= 15 is 4.57 Å². The normalized spacial score (nSPS) is 29.1. The molecule has 2 heterocycles. The van der Waals surface area contributed by atoms with Gasteiger partial charge in [-0.05, 0) is 114 Å². The van der Waals surface area contributed by atoms with E-state index in [2.05, 4.69) is 62.5 Å². The highest BCUT2D eigenvalue weighted by Crippen LogP contribution is 2.65. The number of carbonyl (C=O) groups is 1. The van der Waals surface area contributed by atoms with Gasteiger partial charge in [-0.1, -0.05) is 47.6 Å². The quantitative estimate of drug-likeness (QED) is 0.134. The van der Waals surface area contributed by atoms with Gasteiger partial charge in [0.1, 0.15) is 5.76 Å². The monoisotopic (exact) mass is 663 g/mol. The van der Waals surface area contributed by atoms with Gasteiger partial charge < -0.3 is 18.2 Å². The Hall–Kier alpha value is -1.73. The summed E-state index contributed by atoms with van der Waals surface area (Å²) in [6, 6.07) is 6.98. The zero-order valence-electron chi connectivity index (χ0n) is 25.8. The van der Waals surface area contributed by atoms with Crippen LogP contribution < -0.4 is 0 Å². The van der Waals surface area contributed by atoms with Crippen molar-refractivity contribution in [3.05, 3.63) is 58.7 Å². The van der Waals surface area contributed by atoms with E-state index in [-0.39, 0.29) is 24.0 Å². The average molecular weight is 665 g/mol. The Kier molecular flexibility index (Phi) is 11.7. The van der Waals surface area contributed by atoms with Gasteiger partial charge in [-0.15, -0.1) is 0 Å². The van der Waals surface area contributed by atoms with Crippen LogP contribution in [-0.4, -0.2) is 23.2 Å². The lowest BCUT2D eigenvalue weighted by Gasteiger charge is -2.42. The summed E-state index contributed by atoms with van der Waals surface area (Å²) < 4.78 is 40.7. The van der Waals surface area contributed by atoms with Crippen LogP contribution in [0.25, 0.3) is 6.08 Å². The lowest BCUT2D eigenvalue weighted by Crippen LogP contribution is -2.35. The fraction of sp³-hybridized carbons (Fsp3) is 0.636. The molecule has 4 rings (SSSR count). The zero-order chi connectivity index (χ0) is 30.4. The summed E-state index contributed by atoms with van der Waals surface area (Å²) in [5.41, 5.74) is 0.482. The van der Waals surface area contributed by atoms with E-state index in [1.54, 1.807) is 36.7 Å². The van der Waals surface area contributed by atoms with E-state index in [0.29, 0.717) is 39.7 Å². The van der Waals surface area contributed by atoms with Crippen molar-refractivity contribution in [1.29, 1.82) is 0 Å². The van der Waals surface area contributed by atoms with Crippen LogP contribution in [0.4, 0.5) is 0 Å². The molecular weight excluding hydrogens is 617 g/mol. The minimum Gasteiger partial charge on any atom is -0.450 e. The van der Waals surface area contributed by atoms with E-state index in [4.69, 9.17) is 18.2 Å². The highest BCUT2D eigenvalue weighted by Gasteiger charge is 2.48.